The van der Waals surface area contributed by atoms with Gasteiger partial charge in [0.15, 0.2) is 28.6 Å². The average Bonchev–Trinajstić information content (AvgIpc) is 3.44. The van der Waals surface area contributed by atoms with Crippen molar-refractivity contribution in [2.45, 2.75) is 30.8 Å². The number of aliphatic hydroxyl groups excluding tert-OH is 2. The molecule has 11 nitrogen and oxygen atoms in total. The lowest BCUT2D eigenvalue weighted by Crippen LogP contribution is -2.57. The van der Waals surface area contributed by atoms with Crippen molar-refractivity contribution in [3.8, 4) is 17.2 Å². The highest BCUT2D eigenvalue weighted by Gasteiger charge is 2.45. The first-order chi connectivity index (χ1) is 20.9. The molecule has 1 aromatic heterocycles. The Balaban J connectivity index is 1.78. The normalized spacial score (nSPS) is 18.4. The van der Waals surface area contributed by atoms with Gasteiger partial charge in [0, 0.05) is 29.5 Å². The zero-order chi connectivity index (χ0) is 32.2. The number of ether oxygens (including phenoxy) is 3. The molecule has 3 unspecified atom stereocenters. The first-order valence-electron chi connectivity index (χ1n) is 13.1. The van der Waals surface area contributed by atoms with Gasteiger partial charge in [-0.2, -0.15) is 13.2 Å². The molecule has 3 atom stereocenters. The van der Waals surface area contributed by atoms with Gasteiger partial charge in [-0.05, 0) is 52.9 Å². The van der Waals surface area contributed by atoms with E-state index in [0.717, 1.165) is 0 Å². The Morgan fingerprint density at radius 3 is 2.55 bits per heavy atom. The number of benzene rings is 2. The lowest BCUT2D eigenvalue weighted by Gasteiger charge is -2.40. The number of hydrogen-bond acceptors (Lipinski definition) is 9. The second-order valence-electron chi connectivity index (χ2n) is 9.71. The van der Waals surface area contributed by atoms with Crippen LogP contribution in [0.15, 0.2) is 52.5 Å². The Kier molecular flexibility index (Phi) is 10.4. The summed E-state index contributed by atoms with van der Waals surface area (Å²) in [5, 5.41) is 23.4. The molecule has 4 rings (SSSR count). The van der Waals surface area contributed by atoms with Crippen LogP contribution < -0.4 is 19.5 Å². The third-order valence-corrected chi connectivity index (χ3v) is 7.61. The standard InChI is InChI=1S/C29H28F3IN2O9/c1-41-20-5-3-4-16-11-23(44-25(16)20)28(40)35(14-29(30,31)32)19-10-17(27(39)34-6-7-36)12-21(24(19)38)43-26-18(33)8-15(13-37)9-22(26)42-2/h3-5,8-9,11-13,19,21,24,36,38H,6-7,10,14H2,1-2H3,(H,34,39). The zero-order valence-electron chi connectivity index (χ0n) is 23.4. The number of aldehydes is 1. The number of fused-ring (bicyclic) bond motifs is 1. The van der Waals surface area contributed by atoms with Crippen LogP contribution in [0.25, 0.3) is 11.0 Å². The van der Waals surface area contributed by atoms with E-state index in [-0.39, 0.29) is 40.5 Å². The Hall–Kier alpha value is -3.83. The van der Waals surface area contributed by atoms with Crippen LogP contribution in [0.3, 0.4) is 0 Å². The van der Waals surface area contributed by atoms with Crippen LogP contribution in [0.5, 0.6) is 17.2 Å². The lowest BCUT2D eigenvalue weighted by atomic mass is 9.88. The van der Waals surface area contributed by atoms with Crippen LogP contribution in [0.1, 0.15) is 27.3 Å². The number of aliphatic hydroxyl groups is 2. The van der Waals surface area contributed by atoms with Crippen molar-refractivity contribution in [3.63, 3.8) is 0 Å². The number of nitrogens with zero attached hydrogens (tertiary/aromatic N) is 1. The molecule has 0 saturated carbocycles. The molecule has 15 heteroatoms. The van der Waals surface area contributed by atoms with Crippen LogP contribution in [0.2, 0.25) is 0 Å². The number of rotatable bonds is 11. The van der Waals surface area contributed by atoms with Gasteiger partial charge < -0.3 is 39.1 Å². The Bertz CT molecular complexity index is 1570. The Labute approximate surface area is 262 Å². The number of carbonyl (C=O) groups excluding carboxylic acids is 3. The fourth-order valence-electron chi connectivity index (χ4n) is 4.81. The van der Waals surface area contributed by atoms with Gasteiger partial charge in [0.25, 0.3) is 5.91 Å². The number of alkyl halides is 3. The van der Waals surface area contributed by atoms with Gasteiger partial charge in [-0.3, -0.25) is 14.4 Å². The van der Waals surface area contributed by atoms with Crippen LogP contribution in [-0.2, 0) is 4.79 Å². The van der Waals surface area contributed by atoms with Crippen molar-refractivity contribution in [1.82, 2.24) is 10.2 Å². The molecule has 2 amide bonds. The summed E-state index contributed by atoms with van der Waals surface area (Å²) in [6.07, 6.45) is -6.80. The van der Waals surface area contributed by atoms with E-state index in [9.17, 15) is 32.7 Å². The fraction of sp³-hybridized carbons (Fsp3) is 0.345. The van der Waals surface area contributed by atoms with Crippen LogP contribution in [-0.4, -0.2) is 91.6 Å². The van der Waals surface area contributed by atoms with Gasteiger partial charge in [-0.15, -0.1) is 0 Å². The second-order valence-corrected chi connectivity index (χ2v) is 10.9. The summed E-state index contributed by atoms with van der Waals surface area (Å²) in [5.74, 6) is -1.98. The van der Waals surface area contributed by atoms with E-state index in [1.165, 1.54) is 38.5 Å². The number of methoxy groups -OCH3 is 2. The zero-order valence-corrected chi connectivity index (χ0v) is 25.5. The predicted octanol–water partition coefficient (Wildman–Crippen LogP) is 3.49. The molecule has 0 fully saturated rings. The van der Waals surface area contributed by atoms with Gasteiger partial charge in [0.05, 0.1) is 30.4 Å². The smallest absolute Gasteiger partial charge is 0.406 e. The minimum atomic E-state index is -4.90. The van der Waals surface area contributed by atoms with E-state index >= 15 is 0 Å². The fourth-order valence-corrected chi connectivity index (χ4v) is 5.57. The molecule has 44 heavy (non-hydrogen) atoms. The molecule has 3 N–H and O–H groups in total. The quantitative estimate of drug-likeness (QED) is 0.199. The van der Waals surface area contributed by atoms with E-state index in [0.29, 0.717) is 20.1 Å². The van der Waals surface area contributed by atoms with Crippen LogP contribution >= 0.6 is 22.6 Å². The van der Waals surface area contributed by atoms with Gasteiger partial charge in [-0.25, -0.2) is 0 Å². The number of halogens is 4. The first-order valence-corrected chi connectivity index (χ1v) is 14.2. The van der Waals surface area contributed by atoms with E-state index < -0.39 is 61.6 Å². The maximum absolute atomic E-state index is 14.0. The minimum Gasteiger partial charge on any atom is -0.493 e. The van der Waals surface area contributed by atoms with Gasteiger partial charge in [0.1, 0.15) is 25.0 Å². The summed E-state index contributed by atoms with van der Waals surface area (Å²) in [4.78, 5) is 38.4. The van der Waals surface area contributed by atoms with E-state index in [2.05, 4.69) is 5.32 Å². The molecule has 0 saturated heterocycles. The number of para-hydroxylation sites is 1. The predicted molar refractivity (Wildman–Crippen MR) is 158 cm³/mol. The highest BCUT2D eigenvalue weighted by atomic mass is 127. The number of carbonyl (C=O) groups is 3. The van der Waals surface area contributed by atoms with E-state index in [1.54, 1.807) is 18.2 Å². The molecule has 0 spiro atoms. The summed E-state index contributed by atoms with van der Waals surface area (Å²) in [5.41, 5.74) is 0.299. The molecular formula is C29H28F3IN2O9. The maximum atomic E-state index is 14.0. The van der Waals surface area contributed by atoms with E-state index in [4.69, 9.17) is 23.7 Å². The summed E-state index contributed by atoms with van der Waals surface area (Å²) in [6, 6.07) is 7.23. The summed E-state index contributed by atoms with van der Waals surface area (Å²) >= 11 is 1.86. The van der Waals surface area contributed by atoms with Gasteiger partial charge in [0.2, 0.25) is 5.91 Å². The van der Waals surface area contributed by atoms with Crippen molar-refractivity contribution in [2.24, 2.45) is 0 Å². The molecule has 0 aliphatic heterocycles. The highest BCUT2D eigenvalue weighted by Crippen LogP contribution is 2.38. The third-order valence-electron chi connectivity index (χ3n) is 6.81. The highest BCUT2D eigenvalue weighted by molar-refractivity contribution is 14.1. The van der Waals surface area contributed by atoms with Gasteiger partial charge >= 0.3 is 6.18 Å². The maximum Gasteiger partial charge on any atom is 0.406 e. The molecule has 2 aromatic carbocycles. The summed E-state index contributed by atoms with van der Waals surface area (Å²) in [6.45, 7) is -2.34. The van der Waals surface area contributed by atoms with Crippen molar-refractivity contribution < 1.29 is 56.4 Å². The third kappa shape index (κ3) is 7.27. The van der Waals surface area contributed by atoms with Crippen molar-refractivity contribution in [3.05, 3.63) is 62.9 Å². The number of furan rings is 1. The lowest BCUT2D eigenvalue weighted by molar-refractivity contribution is -0.151. The van der Waals surface area contributed by atoms with E-state index in [1.807, 2.05) is 22.6 Å². The molecule has 1 aliphatic carbocycles. The molecular weight excluding hydrogens is 704 g/mol. The average molecular weight is 732 g/mol. The number of nitrogens with one attached hydrogen (secondary N) is 1. The number of hydrogen-bond donors (Lipinski definition) is 3. The first kappa shape index (κ1) is 33.1. The monoisotopic (exact) mass is 732 g/mol. The molecule has 0 radical (unpaired) electrons. The number of amides is 2. The van der Waals surface area contributed by atoms with Crippen molar-refractivity contribution in [2.75, 3.05) is 33.9 Å². The SMILES string of the molecule is COc1cc(C=O)cc(I)c1OC1C=C(C(=O)NCCO)CC(N(CC(F)(F)F)C(=O)c2cc3cccc(OC)c3o2)C1O. The molecule has 236 valence electrons. The van der Waals surface area contributed by atoms with Crippen LogP contribution in [0.4, 0.5) is 13.2 Å². The topological polar surface area (TPSA) is 148 Å². The minimum absolute atomic E-state index is 0.0489. The van der Waals surface area contributed by atoms with Crippen LogP contribution in [0, 0.1) is 3.57 Å². The largest absolute Gasteiger partial charge is 0.493 e. The summed E-state index contributed by atoms with van der Waals surface area (Å²) < 4.78 is 64.4. The molecule has 1 aliphatic rings. The Morgan fingerprint density at radius 2 is 1.91 bits per heavy atom. The molecule has 1 heterocycles. The Morgan fingerprint density at radius 1 is 1.18 bits per heavy atom. The molecule has 3 aromatic rings. The van der Waals surface area contributed by atoms with Crippen molar-refractivity contribution in [1.29, 1.82) is 0 Å². The second kappa shape index (κ2) is 13.9. The van der Waals surface area contributed by atoms with Crippen molar-refractivity contribution >= 4 is 51.7 Å². The van der Waals surface area contributed by atoms with Gasteiger partial charge in [-0.1, -0.05) is 12.1 Å². The molecule has 0 bridgehead atoms. The summed E-state index contributed by atoms with van der Waals surface area (Å²) in [7, 11) is 2.67.